The zero-order valence-electron chi connectivity index (χ0n) is 7.45. The highest BCUT2D eigenvalue weighted by Gasteiger charge is 1.96. The monoisotopic (exact) mass is 180 g/mol. The molecule has 1 aromatic rings. The summed E-state index contributed by atoms with van der Waals surface area (Å²) in [7, 11) is 0. The maximum Gasteiger partial charge on any atom is 0.328 e. The van der Waals surface area contributed by atoms with E-state index < -0.39 is 5.97 Å². The van der Waals surface area contributed by atoms with Crippen molar-refractivity contribution in [1.82, 2.24) is 9.97 Å². The molecule has 0 unspecified atom stereocenters. The lowest BCUT2D eigenvalue weighted by atomic mass is 10.3. The molecule has 0 saturated heterocycles. The van der Waals surface area contributed by atoms with Gasteiger partial charge in [-0.3, -0.25) is 0 Å². The molecular formula is C9H12N2O2. The first-order valence-electron chi connectivity index (χ1n) is 4.17. The minimum Gasteiger partial charge on any atom is -0.478 e. The third kappa shape index (κ3) is 3.11. The molecule has 4 heteroatoms. The average molecular weight is 180 g/mol. The SMILES string of the molecule is CCCc1nc(C=CC(=O)O)c[nH]1. The van der Waals surface area contributed by atoms with E-state index >= 15 is 0 Å². The number of carboxylic acids is 1. The van der Waals surface area contributed by atoms with Gasteiger partial charge in [0.05, 0.1) is 5.69 Å². The second-order valence-electron chi connectivity index (χ2n) is 2.69. The molecule has 0 atom stereocenters. The van der Waals surface area contributed by atoms with Gasteiger partial charge in [0.15, 0.2) is 0 Å². The van der Waals surface area contributed by atoms with Crippen molar-refractivity contribution < 1.29 is 9.90 Å². The average Bonchev–Trinajstić information content (AvgIpc) is 2.50. The summed E-state index contributed by atoms with van der Waals surface area (Å²) in [5.41, 5.74) is 0.658. The molecule has 0 spiro atoms. The number of H-pyrrole nitrogens is 1. The molecule has 0 fully saturated rings. The fraction of sp³-hybridized carbons (Fsp3) is 0.333. The van der Waals surface area contributed by atoms with E-state index in [2.05, 4.69) is 16.9 Å². The first-order chi connectivity index (χ1) is 6.22. The molecule has 0 aliphatic rings. The topological polar surface area (TPSA) is 66.0 Å². The second-order valence-corrected chi connectivity index (χ2v) is 2.69. The summed E-state index contributed by atoms with van der Waals surface area (Å²) in [5.74, 6) is -0.0624. The van der Waals surface area contributed by atoms with Crippen LogP contribution in [-0.2, 0) is 11.2 Å². The summed E-state index contributed by atoms with van der Waals surface area (Å²) in [6.07, 6.45) is 6.16. The first kappa shape index (κ1) is 9.51. The lowest BCUT2D eigenvalue weighted by Crippen LogP contribution is -1.87. The van der Waals surface area contributed by atoms with Crippen LogP contribution in [0.3, 0.4) is 0 Å². The van der Waals surface area contributed by atoms with E-state index in [4.69, 9.17) is 5.11 Å². The third-order valence-corrected chi connectivity index (χ3v) is 1.53. The smallest absolute Gasteiger partial charge is 0.328 e. The van der Waals surface area contributed by atoms with Gasteiger partial charge in [0, 0.05) is 18.7 Å². The fourth-order valence-corrected chi connectivity index (χ4v) is 0.985. The van der Waals surface area contributed by atoms with Gasteiger partial charge in [-0.2, -0.15) is 0 Å². The first-order valence-corrected chi connectivity index (χ1v) is 4.17. The van der Waals surface area contributed by atoms with Crippen molar-refractivity contribution in [2.24, 2.45) is 0 Å². The van der Waals surface area contributed by atoms with Crippen molar-refractivity contribution in [3.63, 3.8) is 0 Å². The standard InChI is InChI=1S/C9H12N2O2/c1-2-3-8-10-6-7(11-8)4-5-9(12)13/h4-6H,2-3H2,1H3,(H,10,11)(H,12,13). The van der Waals surface area contributed by atoms with Crippen LogP contribution in [0.15, 0.2) is 12.3 Å². The van der Waals surface area contributed by atoms with Crippen LogP contribution in [-0.4, -0.2) is 21.0 Å². The highest BCUT2D eigenvalue weighted by Crippen LogP contribution is 2.01. The normalized spacial score (nSPS) is 10.8. The molecule has 1 heterocycles. The molecular weight excluding hydrogens is 168 g/mol. The molecule has 0 radical (unpaired) electrons. The quantitative estimate of drug-likeness (QED) is 0.689. The minimum atomic E-state index is -0.958. The number of carbonyl (C=O) groups is 1. The van der Waals surface area contributed by atoms with Gasteiger partial charge in [-0.05, 0) is 12.5 Å². The van der Waals surface area contributed by atoms with E-state index in [-0.39, 0.29) is 0 Å². The van der Waals surface area contributed by atoms with Gasteiger partial charge in [0.2, 0.25) is 0 Å². The number of imidazole rings is 1. The highest BCUT2D eigenvalue weighted by atomic mass is 16.4. The van der Waals surface area contributed by atoms with E-state index in [1.54, 1.807) is 6.20 Å². The second kappa shape index (κ2) is 4.45. The molecule has 1 aromatic heterocycles. The Bertz CT molecular complexity index is 315. The summed E-state index contributed by atoms with van der Waals surface area (Å²) in [5, 5.41) is 8.36. The summed E-state index contributed by atoms with van der Waals surface area (Å²) in [6, 6.07) is 0. The number of rotatable bonds is 4. The number of aryl methyl sites for hydroxylation is 1. The van der Waals surface area contributed by atoms with Crippen molar-refractivity contribution in [2.75, 3.05) is 0 Å². The lowest BCUT2D eigenvalue weighted by Gasteiger charge is -1.87. The Morgan fingerprint density at radius 2 is 2.54 bits per heavy atom. The number of carboxylic acid groups (broad SMARTS) is 1. The summed E-state index contributed by atoms with van der Waals surface area (Å²) < 4.78 is 0. The Morgan fingerprint density at radius 3 is 3.15 bits per heavy atom. The molecule has 13 heavy (non-hydrogen) atoms. The Hall–Kier alpha value is -1.58. The highest BCUT2D eigenvalue weighted by molar-refractivity contribution is 5.84. The van der Waals surface area contributed by atoms with E-state index in [1.807, 2.05) is 0 Å². The van der Waals surface area contributed by atoms with Gasteiger partial charge < -0.3 is 10.1 Å². The Labute approximate surface area is 76.3 Å². The van der Waals surface area contributed by atoms with Crippen molar-refractivity contribution >= 4 is 12.0 Å². The molecule has 0 aliphatic heterocycles. The molecule has 0 aromatic carbocycles. The van der Waals surface area contributed by atoms with Crippen LogP contribution in [0, 0.1) is 0 Å². The lowest BCUT2D eigenvalue weighted by molar-refractivity contribution is -0.131. The summed E-state index contributed by atoms with van der Waals surface area (Å²) in [4.78, 5) is 17.3. The van der Waals surface area contributed by atoms with Crippen molar-refractivity contribution in [3.05, 3.63) is 23.8 Å². The number of nitrogens with zero attached hydrogens (tertiary/aromatic N) is 1. The Morgan fingerprint density at radius 1 is 1.77 bits per heavy atom. The van der Waals surface area contributed by atoms with Gasteiger partial charge in [-0.1, -0.05) is 6.92 Å². The zero-order valence-corrected chi connectivity index (χ0v) is 7.45. The largest absolute Gasteiger partial charge is 0.478 e. The summed E-state index contributed by atoms with van der Waals surface area (Å²) in [6.45, 7) is 2.06. The number of aromatic nitrogens is 2. The third-order valence-electron chi connectivity index (χ3n) is 1.53. The molecule has 1 rings (SSSR count). The number of hydrogen-bond donors (Lipinski definition) is 2. The Balaban J connectivity index is 2.63. The predicted octanol–water partition coefficient (Wildman–Crippen LogP) is 1.46. The van der Waals surface area contributed by atoms with Crippen LogP contribution in [0.4, 0.5) is 0 Å². The molecule has 70 valence electrons. The number of aromatic amines is 1. The van der Waals surface area contributed by atoms with Crippen LogP contribution < -0.4 is 0 Å². The molecule has 0 saturated carbocycles. The van der Waals surface area contributed by atoms with Gasteiger partial charge >= 0.3 is 5.97 Å². The van der Waals surface area contributed by atoms with Crippen molar-refractivity contribution in [2.45, 2.75) is 19.8 Å². The summed E-state index contributed by atoms with van der Waals surface area (Å²) >= 11 is 0. The van der Waals surface area contributed by atoms with E-state index in [0.29, 0.717) is 5.69 Å². The van der Waals surface area contributed by atoms with Gasteiger partial charge in [-0.25, -0.2) is 9.78 Å². The van der Waals surface area contributed by atoms with Gasteiger partial charge in [0.1, 0.15) is 5.82 Å². The number of aliphatic carboxylic acids is 1. The van der Waals surface area contributed by atoms with Gasteiger partial charge in [0.25, 0.3) is 0 Å². The van der Waals surface area contributed by atoms with E-state index in [9.17, 15) is 4.79 Å². The number of hydrogen-bond acceptors (Lipinski definition) is 2. The zero-order chi connectivity index (χ0) is 9.68. The Kier molecular flexibility index (Phi) is 3.25. The van der Waals surface area contributed by atoms with Crippen LogP contribution in [0.25, 0.3) is 6.08 Å². The van der Waals surface area contributed by atoms with Crippen molar-refractivity contribution in [1.29, 1.82) is 0 Å². The van der Waals surface area contributed by atoms with Crippen molar-refractivity contribution in [3.8, 4) is 0 Å². The number of nitrogens with one attached hydrogen (secondary N) is 1. The van der Waals surface area contributed by atoms with Crippen LogP contribution in [0.1, 0.15) is 24.9 Å². The fourth-order valence-electron chi connectivity index (χ4n) is 0.985. The molecule has 0 bridgehead atoms. The molecule has 0 aliphatic carbocycles. The molecule has 2 N–H and O–H groups in total. The van der Waals surface area contributed by atoms with E-state index in [0.717, 1.165) is 24.7 Å². The van der Waals surface area contributed by atoms with Crippen LogP contribution >= 0.6 is 0 Å². The molecule has 0 amide bonds. The molecule has 4 nitrogen and oxygen atoms in total. The maximum atomic E-state index is 10.2. The maximum absolute atomic E-state index is 10.2. The predicted molar refractivity (Wildman–Crippen MR) is 49.3 cm³/mol. The minimum absolute atomic E-state index is 0.658. The van der Waals surface area contributed by atoms with Crippen LogP contribution in [0.5, 0.6) is 0 Å². The van der Waals surface area contributed by atoms with E-state index in [1.165, 1.54) is 6.08 Å². The van der Waals surface area contributed by atoms with Gasteiger partial charge in [-0.15, -0.1) is 0 Å². The van der Waals surface area contributed by atoms with Crippen LogP contribution in [0.2, 0.25) is 0 Å².